The number of aryl methyl sites for hydroxylation is 2. The van der Waals surface area contributed by atoms with Crippen LogP contribution >= 0.6 is 0 Å². The van der Waals surface area contributed by atoms with Gasteiger partial charge in [0.15, 0.2) is 0 Å². The predicted molar refractivity (Wildman–Crippen MR) is 108 cm³/mol. The Morgan fingerprint density at radius 3 is 2.79 bits per heavy atom. The summed E-state index contributed by atoms with van der Waals surface area (Å²) in [6.07, 6.45) is 5.79. The van der Waals surface area contributed by atoms with Gasteiger partial charge in [0.05, 0.1) is 4.92 Å². The highest BCUT2D eigenvalue weighted by Crippen LogP contribution is 2.22. The number of carbonyl (C=O) groups is 2. The van der Waals surface area contributed by atoms with Crippen molar-refractivity contribution in [3.8, 4) is 0 Å². The molecule has 0 saturated carbocycles. The molecule has 0 radical (unpaired) electrons. The van der Waals surface area contributed by atoms with Crippen molar-refractivity contribution in [2.75, 3.05) is 11.9 Å². The molecule has 1 unspecified atom stereocenters. The van der Waals surface area contributed by atoms with Gasteiger partial charge in [0.25, 0.3) is 5.91 Å². The highest BCUT2D eigenvalue weighted by atomic mass is 16.6. The molecule has 1 atom stereocenters. The van der Waals surface area contributed by atoms with Gasteiger partial charge in [-0.25, -0.2) is 0 Å². The van der Waals surface area contributed by atoms with Gasteiger partial charge in [-0.15, -0.1) is 0 Å². The maximum Gasteiger partial charge on any atom is 0.306 e. The molecule has 1 saturated heterocycles. The number of anilines is 1. The van der Waals surface area contributed by atoms with Gasteiger partial charge in [-0.2, -0.15) is 5.10 Å². The molecule has 0 aliphatic carbocycles. The fourth-order valence-corrected chi connectivity index (χ4v) is 3.50. The second-order valence-corrected chi connectivity index (χ2v) is 7.39. The van der Waals surface area contributed by atoms with E-state index in [1.54, 1.807) is 18.2 Å². The topological polar surface area (TPSA) is 110 Å². The molecule has 1 aromatic carbocycles. The van der Waals surface area contributed by atoms with Crippen molar-refractivity contribution in [3.63, 3.8) is 0 Å². The lowest BCUT2D eigenvalue weighted by Crippen LogP contribution is -2.42. The summed E-state index contributed by atoms with van der Waals surface area (Å²) >= 11 is 0. The summed E-state index contributed by atoms with van der Waals surface area (Å²) in [5, 5.41) is 17.4. The Kier molecular flexibility index (Phi) is 6.26. The van der Waals surface area contributed by atoms with E-state index < -0.39 is 4.92 Å². The van der Waals surface area contributed by atoms with Crippen LogP contribution in [0.2, 0.25) is 0 Å². The maximum absolute atomic E-state index is 12.8. The van der Waals surface area contributed by atoms with Crippen LogP contribution in [0.1, 0.15) is 48.5 Å². The molecular weight excluding hydrogens is 374 g/mol. The zero-order chi connectivity index (χ0) is 21.0. The van der Waals surface area contributed by atoms with Gasteiger partial charge in [-0.3, -0.25) is 24.4 Å². The lowest BCUT2D eigenvalue weighted by Gasteiger charge is -2.33. The van der Waals surface area contributed by atoms with Gasteiger partial charge in [0.1, 0.15) is 12.4 Å². The van der Waals surface area contributed by atoms with Crippen LogP contribution in [0, 0.1) is 17.0 Å². The molecule has 1 aliphatic rings. The maximum atomic E-state index is 12.8. The van der Waals surface area contributed by atoms with Crippen molar-refractivity contribution in [1.82, 2.24) is 14.7 Å². The Labute approximate surface area is 168 Å². The third-order valence-corrected chi connectivity index (χ3v) is 5.21. The fourth-order valence-electron chi connectivity index (χ4n) is 3.50. The molecule has 3 rings (SSSR count). The molecule has 0 bridgehead atoms. The zero-order valence-electron chi connectivity index (χ0n) is 16.6. The van der Waals surface area contributed by atoms with Gasteiger partial charge in [-0.1, -0.05) is 0 Å². The van der Waals surface area contributed by atoms with E-state index in [9.17, 15) is 19.7 Å². The summed E-state index contributed by atoms with van der Waals surface area (Å²) in [5.41, 5.74) is 1.97. The van der Waals surface area contributed by atoms with Crippen molar-refractivity contribution in [1.29, 1.82) is 0 Å². The normalized spacial score (nSPS) is 16.5. The van der Waals surface area contributed by atoms with E-state index in [-0.39, 0.29) is 36.5 Å². The lowest BCUT2D eigenvalue weighted by molar-refractivity contribution is -0.385. The van der Waals surface area contributed by atoms with Crippen LogP contribution in [0.5, 0.6) is 0 Å². The molecule has 1 fully saturated rings. The summed E-state index contributed by atoms with van der Waals surface area (Å²) in [7, 11) is 0. The molecule has 9 heteroatoms. The first-order chi connectivity index (χ1) is 13.8. The first-order valence-corrected chi connectivity index (χ1v) is 9.73. The van der Waals surface area contributed by atoms with Crippen molar-refractivity contribution in [2.24, 2.45) is 0 Å². The predicted octanol–water partition coefficient (Wildman–Crippen LogP) is 3.14. The second kappa shape index (κ2) is 8.85. The van der Waals surface area contributed by atoms with E-state index in [4.69, 9.17) is 0 Å². The van der Waals surface area contributed by atoms with E-state index in [2.05, 4.69) is 17.3 Å². The van der Waals surface area contributed by atoms with E-state index in [0.717, 1.165) is 37.6 Å². The number of likely N-dealkylation sites (tertiary alicyclic amines) is 1. The molecule has 0 spiro atoms. The minimum atomic E-state index is -0.527. The van der Waals surface area contributed by atoms with Gasteiger partial charge < -0.3 is 10.2 Å². The second-order valence-electron chi connectivity index (χ2n) is 7.39. The van der Waals surface area contributed by atoms with Gasteiger partial charge in [-0.05, 0) is 56.9 Å². The number of nitro groups is 1. The van der Waals surface area contributed by atoms with E-state index >= 15 is 0 Å². The third kappa shape index (κ3) is 4.98. The van der Waals surface area contributed by atoms with Crippen molar-refractivity contribution >= 4 is 23.2 Å². The first kappa shape index (κ1) is 20.5. The van der Waals surface area contributed by atoms with Crippen molar-refractivity contribution in [3.05, 3.63) is 51.8 Å². The van der Waals surface area contributed by atoms with Crippen LogP contribution in [0.15, 0.2) is 30.6 Å². The number of hydrogen-bond acceptors (Lipinski definition) is 5. The number of carbonyl (C=O) groups excluding carboxylic acids is 2. The smallest absolute Gasteiger partial charge is 0.306 e. The number of hydrogen-bond donors (Lipinski definition) is 1. The van der Waals surface area contributed by atoms with E-state index in [1.165, 1.54) is 10.9 Å². The molecule has 1 aromatic heterocycles. The highest BCUT2D eigenvalue weighted by Gasteiger charge is 2.24. The van der Waals surface area contributed by atoms with Crippen LogP contribution in [0.3, 0.4) is 0 Å². The number of nitrogens with one attached hydrogen (secondary N) is 1. The Morgan fingerprint density at radius 1 is 1.34 bits per heavy atom. The number of aromatic nitrogens is 2. The summed E-state index contributed by atoms with van der Waals surface area (Å²) in [6, 6.07) is 5.53. The Hall–Kier alpha value is -3.23. The van der Waals surface area contributed by atoms with Crippen LogP contribution in [-0.2, 0) is 11.3 Å². The van der Waals surface area contributed by atoms with Crippen LogP contribution in [-0.4, -0.2) is 44.0 Å². The van der Waals surface area contributed by atoms with E-state index in [0.29, 0.717) is 11.3 Å². The largest absolute Gasteiger partial charge is 0.336 e. The van der Waals surface area contributed by atoms with Crippen molar-refractivity contribution < 1.29 is 14.5 Å². The average molecular weight is 399 g/mol. The third-order valence-electron chi connectivity index (χ3n) is 5.21. The average Bonchev–Trinajstić information content (AvgIpc) is 3.17. The monoisotopic (exact) mass is 399 g/mol. The quantitative estimate of drug-likeness (QED) is 0.593. The Bertz CT molecular complexity index is 923. The molecule has 2 heterocycles. The summed E-state index contributed by atoms with van der Waals surface area (Å²) in [4.78, 5) is 37.1. The molecule has 9 nitrogen and oxygen atoms in total. The van der Waals surface area contributed by atoms with E-state index in [1.807, 2.05) is 11.8 Å². The van der Waals surface area contributed by atoms with Crippen LogP contribution in [0.4, 0.5) is 11.4 Å². The number of rotatable bonds is 6. The molecule has 2 aromatic rings. The standard InChI is InChI=1S/C20H25N5O4/c1-14-11-16(20(27)24-9-4-3-5-15(24)2)6-7-18(14)22-19(26)8-10-23-13-17(12-21-23)25(28)29/h6-7,11-13,15H,3-5,8-10H2,1-2H3,(H,22,26). The molecule has 154 valence electrons. The summed E-state index contributed by atoms with van der Waals surface area (Å²) in [6.45, 7) is 4.95. The molecule has 1 N–H and O–H groups in total. The Balaban J connectivity index is 1.58. The SMILES string of the molecule is Cc1cc(C(=O)N2CCCCC2C)ccc1NC(=O)CCn1cc([N+](=O)[O-])cn1. The highest BCUT2D eigenvalue weighted by molar-refractivity contribution is 5.96. The van der Waals surface area contributed by atoms with Crippen LogP contribution < -0.4 is 5.32 Å². The fraction of sp³-hybridized carbons (Fsp3) is 0.450. The number of nitrogens with zero attached hydrogens (tertiary/aromatic N) is 4. The van der Waals surface area contributed by atoms with Crippen molar-refractivity contribution in [2.45, 2.75) is 52.1 Å². The number of amides is 2. The number of benzene rings is 1. The molecular formula is C20H25N5O4. The first-order valence-electron chi connectivity index (χ1n) is 9.73. The van der Waals surface area contributed by atoms with Crippen LogP contribution in [0.25, 0.3) is 0 Å². The summed E-state index contributed by atoms with van der Waals surface area (Å²) < 4.78 is 1.37. The van der Waals surface area contributed by atoms with Gasteiger partial charge >= 0.3 is 5.69 Å². The van der Waals surface area contributed by atoms with Gasteiger partial charge in [0, 0.05) is 36.8 Å². The minimum absolute atomic E-state index is 0.0263. The summed E-state index contributed by atoms with van der Waals surface area (Å²) in [5.74, 6) is -0.201. The molecule has 2 amide bonds. The van der Waals surface area contributed by atoms with Gasteiger partial charge in [0.2, 0.25) is 5.91 Å². The minimum Gasteiger partial charge on any atom is -0.336 e. The zero-order valence-corrected chi connectivity index (χ0v) is 16.6. The Morgan fingerprint density at radius 2 is 2.14 bits per heavy atom. The number of piperidine rings is 1. The molecule has 1 aliphatic heterocycles. The molecule has 29 heavy (non-hydrogen) atoms. The lowest BCUT2D eigenvalue weighted by atomic mass is 10.0.